The summed E-state index contributed by atoms with van der Waals surface area (Å²) in [5.41, 5.74) is -0.745. The number of nitrogens with zero attached hydrogens (tertiary/aromatic N) is 2. The zero-order chi connectivity index (χ0) is 19.1. The van der Waals surface area contributed by atoms with Gasteiger partial charge in [-0.3, -0.25) is 14.2 Å². The maximum Gasteiger partial charge on any atom is 0.336 e. The van der Waals surface area contributed by atoms with E-state index in [-0.39, 0.29) is 34.6 Å². The zero-order valence-electron chi connectivity index (χ0n) is 14.1. The molecule has 0 atom stereocenters. The van der Waals surface area contributed by atoms with Gasteiger partial charge in [0.05, 0.1) is 21.6 Å². The number of carbonyl (C=O) groups excluding carboxylic acids is 1. The lowest BCUT2D eigenvalue weighted by Gasteiger charge is -2.14. The van der Waals surface area contributed by atoms with E-state index in [4.69, 9.17) is 11.6 Å². The molecule has 27 heavy (non-hydrogen) atoms. The molecule has 8 heteroatoms. The van der Waals surface area contributed by atoms with Gasteiger partial charge in [-0.25, -0.2) is 13.8 Å². The van der Waals surface area contributed by atoms with Gasteiger partial charge in [-0.05, 0) is 43.2 Å². The Kier molecular flexibility index (Phi) is 4.31. The standard InChI is InChI=1S/C19H15ClFN3O3/c20-14-9-12(7-8-15(14)21)24-18(26)13-3-1-2-4-16(13)23(19(24)27)10-17(25)22-11-5-6-11/h1-4,7-9,11H,5-6,10H2,(H,22,25). The number of aromatic nitrogens is 2. The number of rotatable bonds is 4. The molecule has 0 aliphatic heterocycles. The molecule has 1 amide bonds. The Morgan fingerprint density at radius 3 is 2.63 bits per heavy atom. The fourth-order valence-corrected chi connectivity index (χ4v) is 3.14. The van der Waals surface area contributed by atoms with Gasteiger partial charge in [0.15, 0.2) is 0 Å². The first-order valence-electron chi connectivity index (χ1n) is 8.45. The highest BCUT2D eigenvalue weighted by atomic mass is 35.5. The molecule has 1 aliphatic rings. The van der Waals surface area contributed by atoms with E-state index >= 15 is 0 Å². The number of para-hydroxylation sites is 1. The van der Waals surface area contributed by atoms with Crippen molar-refractivity contribution in [1.29, 1.82) is 0 Å². The highest BCUT2D eigenvalue weighted by molar-refractivity contribution is 6.30. The van der Waals surface area contributed by atoms with Crippen LogP contribution in [0, 0.1) is 5.82 Å². The molecule has 1 N–H and O–H groups in total. The van der Waals surface area contributed by atoms with Crippen molar-refractivity contribution < 1.29 is 9.18 Å². The van der Waals surface area contributed by atoms with Crippen LogP contribution >= 0.6 is 11.6 Å². The minimum Gasteiger partial charge on any atom is -0.352 e. The molecule has 1 aliphatic carbocycles. The summed E-state index contributed by atoms with van der Waals surface area (Å²) in [6.07, 6.45) is 1.85. The Hall–Kier alpha value is -2.93. The predicted octanol–water partition coefficient (Wildman–Crippen LogP) is 2.22. The van der Waals surface area contributed by atoms with Gasteiger partial charge < -0.3 is 5.32 Å². The molecule has 1 fully saturated rings. The van der Waals surface area contributed by atoms with Crippen LogP contribution in [0.1, 0.15) is 12.8 Å². The van der Waals surface area contributed by atoms with Crippen molar-refractivity contribution >= 4 is 28.4 Å². The fourth-order valence-electron chi connectivity index (χ4n) is 2.97. The molecule has 4 rings (SSSR count). The number of halogens is 2. The molecule has 0 unspecified atom stereocenters. The number of fused-ring (bicyclic) bond motifs is 1. The molecule has 3 aromatic rings. The van der Waals surface area contributed by atoms with Crippen LogP contribution in [-0.4, -0.2) is 21.1 Å². The summed E-state index contributed by atoms with van der Waals surface area (Å²) in [5, 5.41) is 2.90. The number of benzene rings is 2. The SMILES string of the molecule is O=C(Cn1c(=O)n(-c2ccc(F)c(Cl)c2)c(=O)c2ccccc21)NC1CC1. The van der Waals surface area contributed by atoms with Gasteiger partial charge in [0, 0.05) is 6.04 Å². The summed E-state index contributed by atoms with van der Waals surface area (Å²) in [6.45, 7) is -0.217. The lowest BCUT2D eigenvalue weighted by Crippen LogP contribution is -2.42. The summed E-state index contributed by atoms with van der Waals surface area (Å²) in [6, 6.07) is 10.3. The molecule has 0 bridgehead atoms. The largest absolute Gasteiger partial charge is 0.352 e. The van der Waals surface area contributed by atoms with E-state index in [0.29, 0.717) is 5.52 Å². The van der Waals surface area contributed by atoms with Crippen LogP contribution in [-0.2, 0) is 11.3 Å². The Morgan fingerprint density at radius 1 is 1.19 bits per heavy atom. The van der Waals surface area contributed by atoms with Crippen LogP contribution < -0.4 is 16.6 Å². The van der Waals surface area contributed by atoms with E-state index in [1.165, 1.54) is 16.7 Å². The third-order valence-electron chi connectivity index (χ3n) is 4.46. The summed E-state index contributed by atoms with van der Waals surface area (Å²) >= 11 is 5.81. The Morgan fingerprint density at radius 2 is 1.93 bits per heavy atom. The summed E-state index contributed by atoms with van der Waals surface area (Å²) < 4.78 is 15.6. The lowest BCUT2D eigenvalue weighted by atomic mass is 10.2. The van der Waals surface area contributed by atoms with Gasteiger partial charge >= 0.3 is 5.69 Å². The van der Waals surface area contributed by atoms with Crippen LogP contribution in [0.25, 0.3) is 16.6 Å². The van der Waals surface area contributed by atoms with E-state index in [9.17, 15) is 18.8 Å². The molecule has 0 radical (unpaired) electrons. The fraction of sp³-hybridized carbons (Fsp3) is 0.211. The number of carbonyl (C=O) groups is 1. The molecular formula is C19H15ClFN3O3. The van der Waals surface area contributed by atoms with Crippen molar-refractivity contribution in [3.8, 4) is 5.69 Å². The summed E-state index contributed by atoms with van der Waals surface area (Å²) in [5.74, 6) is -0.953. The second-order valence-corrected chi connectivity index (χ2v) is 6.87. The van der Waals surface area contributed by atoms with Gasteiger partial charge in [-0.15, -0.1) is 0 Å². The van der Waals surface area contributed by atoms with Crippen LogP contribution in [0.2, 0.25) is 5.02 Å². The van der Waals surface area contributed by atoms with Crippen LogP contribution in [0.3, 0.4) is 0 Å². The predicted molar refractivity (Wildman–Crippen MR) is 99.9 cm³/mol. The maximum absolute atomic E-state index is 13.5. The maximum atomic E-state index is 13.5. The first-order chi connectivity index (χ1) is 13.0. The van der Waals surface area contributed by atoms with Gasteiger partial charge in [0.1, 0.15) is 12.4 Å². The molecule has 0 spiro atoms. The molecule has 1 saturated carbocycles. The van der Waals surface area contributed by atoms with Crippen molar-refractivity contribution in [3.05, 3.63) is 74.1 Å². The normalized spacial score (nSPS) is 13.7. The van der Waals surface area contributed by atoms with E-state index in [0.717, 1.165) is 23.5 Å². The molecule has 138 valence electrons. The zero-order valence-corrected chi connectivity index (χ0v) is 14.9. The third-order valence-corrected chi connectivity index (χ3v) is 4.75. The van der Waals surface area contributed by atoms with Gasteiger partial charge in [0.25, 0.3) is 5.56 Å². The second-order valence-electron chi connectivity index (χ2n) is 6.47. The molecule has 1 aromatic heterocycles. The van der Waals surface area contributed by atoms with E-state index in [2.05, 4.69) is 5.32 Å². The Bertz CT molecular complexity index is 1180. The summed E-state index contributed by atoms with van der Waals surface area (Å²) in [4.78, 5) is 38.2. The summed E-state index contributed by atoms with van der Waals surface area (Å²) in [7, 11) is 0. The van der Waals surface area contributed by atoms with Crippen molar-refractivity contribution in [3.63, 3.8) is 0 Å². The van der Waals surface area contributed by atoms with Crippen LogP contribution in [0.4, 0.5) is 4.39 Å². The molecule has 1 heterocycles. The molecular weight excluding hydrogens is 373 g/mol. The van der Waals surface area contributed by atoms with Crippen molar-refractivity contribution in [2.24, 2.45) is 0 Å². The van der Waals surface area contributed by atoms with Crippen LogP contribution in [0.15, 0.2) is 52.1 Å². The Balaban J connectivity index is 1.93. The quantitative estimate of drug-likeness (QED) is 0.746. The van der Waals surface area contributed by atoms with Crippen molar-refractivity contribution in [2.75, 3.05) is 0 Å². The molecule has 0 saturated heterocycles. The van der Waals surface area contributed by atoms with Gasteiger partial charge in [-0.2, -0.15) is 0 Å². The number of amides is 1. The van der Waals surface area contributed by atoms with Gasteiger partial charge in [0.2, 0.25) is 5.91 Å². The second kappa shape index (κ2) is 6.66. The first-order valence-corrected chi connectivity index (χ1v) is 8.83. The van der Waals surface area contributed by atoms with Crippen molar-refractivity contribution in [1.82, 2.24) is 14.5 Å². The topological polar surface area (TPSA) is 73.1 Å². The van der Waals surface area contributed by atoms with E-state index in [1.807, 2.05) is 0 Å². The first kappa shape index (κ1) is 17.5. The molecule has 2 aromatic carbocycles. The average Bonchev–Trinajstić information content (AvgIpc) is 3.45. The third kappa shape index (κ3) is 3.26. The number of hydrogen-bond acceptors (Lipinski definition) is 3. The number of hydrogen-bond donors (Lipinski definition) is 1. The average molecular weight is 388 g/mol. The minimum atomic E-state index is -0.688. The number of nitrogens with one attached hydrogen (secondary N) is 1. The van der Waals surface area contributed by atoms with Gasteiger partial charge in [-0.1, -0.05) is 23.7 Å². The lowest BCUT2D eigenvalue weighted by molar-refractivity contribution is -0.121. The van der Waals surface area contributed by atoms with Crippen molar-refractivity contribution in [2.45, 2.75) is 25.4 Å². The Labute approximate surface area is 157 Å². The monoisotopic (exact) mass is 387 g/mol. The highest BCUT2D eigenvalue weighted by Gasteiger charge is 2.24. The highest BCUT2D eigenvalue weighted by Crippen LogP contribution is 2.19. The minimum absolute atomic E-state index is 0.138. The van der Waals surface area contributed by atoms with Crippen LogP contribution in [0.5, 0.6) is 0 Å². The molecule has 6 nitrogen and oxygen atoms in total. The smallest absolute Gasteiger partial charge is 0.336 e. The van der Waals surface area contributed by atoms with E-state index < -0.39 is 17.1 Å². The van der Waals surface area contributed by atoms with E-state index in [1.54, 1.807) is 24.3 Å².